The van der Waals surface area contributed by atoms with E-state index in [1.807, 2.05) is 20.8 Å². The molecule has 0 radical (unpaired) electrons. The molecule has 166 valence electrons. The second-order valence-electron chi connectivity index (χ2n) is 8.25. The normalized spacial score (nSPS) is 16.3. The fraction of sp³-hybridized carbons (Fsp3) is 0.696. The van der Waals surface area contributed by atoms with Gasteiger partial charge in [0.1, 0.15) is 22.8 Å². The second kappa shape index (κ2) is 10.1. The number of thiophene rings is 1. The molecule has 1 unspecified atom stereocenters. The van der Waals surface area contributed by atoms with Crippen molar-refractivity contribution >= 4 is 27.5 Å². The molecule has 0 aromatic carbocycles. The summed E-state index contributed by atoms with van der Waals surface area (Å²) in [6, 6.07) is -0.638. The lowest BCUT2D eigenvalue weighted by atomic mass is 9.98. The smallest absolute Gasteiger partial charge is 0.329 e. The molecule has 3 rings (SSSR count). The molecule has 1 fully saturated rings. The molecular formula is C23H35N3O3S. The highest BCUT2D eigenvalue weighted by Gasteiger charge is 2.29. The summed E-state index contributed by atoms with van der Waals surface area (Å²) in [6.45, 7) is 12.4. The third kappa shape index (κ3) is 4.62. The minimum Gasteiger partial charge on any atom is -0.461 e. The van der Waals surface area contributed by atoms with E-state index in [0.29, 0.717) is 24.2 Å². The largest absolute Gasteiger partial charge is 0.461 e. The van der Waals surface area contributed by atoms with E-state index in [0.717, 1.165) is 54.0 Å². The van der Waals surface area contributed by atoms with Gasteiger partial charge < -0.3 is 4.74 Å². The molecule has 30 heavy (non-hydrogen) atoms. The van der Waals surface area contributed by atoms with Gasteiger partial charge in [0, 0.05) is 4.88 Å². The summed E-state index contributed by atoms with van der Waals surface area (Å²) in [5.74, 6) is 0.364. The zero-order chi connectivity index (χ0) is 21.8. The molecule has 2 aromatic heterocycles. The average Bonchev–Trinajstić information content (AvgIpc) is 3.03. The van der Waals surface area contributed by atoms with Crippen LogP contribution in [-0.4, -0.2) is 39.6 Å². The van der Waals surface area contributed by atoms with Gasteiger partial charge in [-0.3, -0.25) is 14.3 Å². The minimum absolute atomic E-state index is 0.0240. The van der Waals surface area contributed by atoms with Crippen LogP contribution in [0.4, 0.5) is 0 Å². The van der Waals surface area contributed by atoms with Crippen molar-refractivity contribution in [1.82, 2.24) is 14.5 Å². The fourth-order valence-corrected chi connectivity index (χ4v) is 5.35. The summed E-state index contributed by atoms with van der Waals surface area (Å²) in [6.07, 6.45) is 5.73. The lowest BCUT2D eigenvalue weighted by molar-refractivity contribution is -0.155. The quantitative estimate of drug-likeness (QED) is 0.563. The fourth-order valence-electron chi connectivity index (χ4n) is 4.31. The molecule has 7 heteroatoms. The van der Waals surface area contributed by atoms with Crippen molar-refractivity contribution in [3.63, 3.8) is 0 Å². The summed E-state index contributed by atoms with van der Waals surface area (Å²) in [5.41, 5.74) is 0.850. The Morgan fingerprint density at radius 3 is 2.47 bits per heavy atom. The van der Waals surface area contributed by atoms with Gasteiger partial charge in [-0.2, -0.15) is 0 Å². The number of fused-ring (bicyclic) bond motifs is 1. The van der Waals surface area contributed by atoms with E-state index in [2.05, 4.69) is 18.7 Å². The third-order valence-electron chi connectivity index (χ3n) is 6.37. The number of nitrogens with zero attached hydrogens (tertiary/aromatic N) is 3. The Morgan fingerprint density at radius 2 is 1.87 bits per heavy atom. The van der Waals surface area contributed by atoms with E-state index >= 15 is 0 Å². The monoisotopic (exact) mass is 433 g/mol. The molecular weight excluding hydrogens is 398 g/mol. The molecule has 0 saturated heterocycles. The average molecular weight is 434 g/mol. The van der Waals surface area contributed by atoms with Crippen LogP contribution in [0.25, 0.3) is 10.2 Å². The summed E-state index contributed by atoms with van der Waals surface area (Å²) >= 11 is 1.56. The van der Waals surface area contributed by atoms with Crippen LogP contribution in [0, 0.1) is 13.8 Å². The Labute approximate surface area is 183 Å². The van der Waals surface area contributed by atoms with E-state index in [-0.39, 0.29) is 17.6 Å². The second-order valence-corrected chi connectivity index (χ2v) is 9.45. The third-order valence-corrected chi connectivity index (χ3v) is 7.47. The molecule has 1 saturated carbocycles. The molecule has 2 aromatic rings. The molecule has 1 atom stereocenters. The number of carbonyl (C=O) groups excluding carboxylic acids is 1. The Bertz CT molecular complexity index is 939. The van der Waals surface area contributed by atoms with E-state index in [4.69, 9.17) is 9.72 Å². The number of hydrogen-bond acceptors (Lipinski definition) is 6. The Morgan fingerprint density at radius 1 is 1.20 bits per heavy atom. The summed E-state index contributed by atoms with van der Waals surface area (Å²) in [4.78, 5) is 35.8. The first kappa shape index (κ1) is 22.9. The summed E-state index contributed by atoms with van der Waals surface area (Å²) in [7, 11) is 0. The van der Waals surface area contributed by atoms with Crippen LogP contribution in [0.1, 0.15) is 81.6 Å². The van der Waals surface area contributed by atoms with Gasteiger partial charge in [0.05, 0.1) is 11.9 Å². The molecule has 0 N–H and O–H groups in total. The van der Waals surface area contributed by atoms with Gasteiger partial charge in [-0.1, -0.05) is 27.2 Å². The number of esters is 1. The lowest BCUT2D eigenvalue weighted by Gasteiger charge is -2.27. The number of aromatic nitrogens is 2. The van der Waals surface area contributed by atoms with Crippen LogP contribution < -0.4 is 5.56 Å². The molecule has 2 heterocycles. The van der Waals surface area contributed by atoms with Crippen LogP contribution in [0.3, 0.4) is 0 Å². The highest BCUT2D eigenvalue weighted by Crippen LogP contribution is 2.29. The van der Waals surface area contributed by atoms with Gasteiger partial charge in [0.2, 0.25) is 0 Å². The van der Waals surface area contributed by atoms with Crippen molar-refractivity contribution < 1.29 is 9.53 Å². The van der Waals surface area contributed by atoms with Crippen molar-refractivity contribution in [1.29, 1.82) is 0 Å². The molecule has 0 spiro atoms. The number of hydrogen-bond donors (Lipinski definition) is 0. The van der Waals surface area contributed by atoms with Crippen LogP contribution in [0.15, 0.2) is 4.79 Å². The van der Waals surface area contributed by atoms with Crippen LogP contribution in [-0.2, 0) is 16.1 Å². The minimum atomic E-state index is -0.638. The zero-order valence-corrected chi connectivity index (χ0v) is 19.8. The van der Waals surface area contributed by atoms with Gasteiger partial charge in [-0.25, -0.2) is 9.78 Å². The SMILES string of the molecule is CCC(C(=O)OC1CCCCC1)n1c(CN(CC)CC)nc2sc(C)c(C)c2c1=O. The van der Waals surface area contributed by atoms with Gasteiger partial charge >= 0.3 is 5.97 Å². The van der Waals surface area contributed by atoms with E-state index < -0.39 is 6.04 Å². The van der Waals surface area contributed by atoms with Gasteiger partial charge in [0.25, 0.3) is 5.56 Å². The maximum absolute atomic E-state index is 13.6. The molecule has 0 aliphatic heterocycles. The number of aryl methyl sites for hydroxylation is 2. The molecule has 1 aliphatic carbocycles. The topological polar surface area (TPSA) is 64.4 Å². The first-order valence-electron chi connectivity index (χ1n) is 11.3. The van der Waals surface area contributed by atoms with Crippen molar-refractivity contribution in [2.45, 2.75) is 91.8 Å². The Balaban J connectivity index is 2.07. The number of rotatable bonds is 8. The van der Waals surface area contributed by atoms with Crippen LogP contribution in [0.5, 0.6) is 0 Å². The van der Waals surface area contributed by atoms with E-state index in [1.165, 1.54) is 6.42 Å². The molecule has 0 amide bonds. The van der Waals surface area contributed by atoms with Crippen molar-refractivity contribution in [2.75, 3.05) is 13.1 Å². The predicted octanol–water partition coefficient (Wildman–Crippen LogP) is 4.74. The summed E-state index contributed by atoms with van der Waals surface area (Å²) in [5, 5.41) is 0.643. The van der Waals surface area contributed by atoms with Gasteiger partial charge in [-0.05, 0) is 64.6 Å². The van der Waals surface area contributed by atoms with Crippen LogP contribution >= 0.6 is 11.3 Å². The number of ether oxygens (including phenoxy) is 1. The summed E-state index contributed by atoms with van der Waals surface area (Å²) < 4.78 is 7.51. The number of carbonyl (C=O) groups is 1. The van der Waals surface area contributed by atoms with Crippen molar-refractivity contribution in [3.05, 3.63) is 26.6 Å². The molecule has 1 aliphatic rings. The molecule has 0 bridgehead atoms. The molecule has 6 nitrogen and oxygen atoms in total. The highest BCUT2D eigenvalue weighted by atomic mass is 32.1. The standard InChI is InChI=1S/C23H35N3O3S/c1-6-18(23(28)29-17-12-10-9-11-13-17)26-19(14-25(7-2)8-3)24-21-20(22(26)27)15(4)16(5)30-21/h17-18H,6-14H2,1-5H3. The van der Waals surface area contributed by atoms with Gasteiger partial charge in [0.15, 0.2) is 0 Å². The highest BCUT2D eigenvalue weighted by molar-refractivity contribution is 7.18. The maximum Gasteiger partial charge on any atom is 0.329 e. The van der Waals surface area contributed by atoms with Crippen molar-refractivity contribution in [2.24, 2.45) is 0 Å². The van der Waals surface area contributed by atoms with Gasteiger partial charge in [-0.15, -0.1) is 11.3 Å². The zero-order valence-electron chi connectivity index (χ0n) is 19.0. The van der Waals surface area contributed by atoms with Crippen molar-refractivity contribution in [3.8, 4) is 0 Å². The Kier molecular flexibility index (Phi) is 7.69. The Hall–Kier alpha value is -1.73. The predicted molar refractivity (Wildman–Crippen MR) is 122 cm³/mol. The van der Waals surface area contributed by atoms with Crippen LogP contribution in [0.2, 0.25) is 0 Å². The first-order valence-corrected chi connectivity index (χ1v) is 12.2. The maximum atomic E-state index is 13.6. The first-order chi connectivity index (χ1) is 14.4. The van der Waals surface area contributed by atoms with E-state index in [9.17, 15) is 9.59 Å². The van der Waals surface area contributed by atoms with E-state index in [1.54, 1.807) is 15.9 Å². The lowest BCUT2D eigenvalue weighted by Crippen LogP contribution is -2.37.